The van der Waals surface area contributed by atoms with Gasteiger partial charge in [0.25, 0.3) is 0 Å². The number of halogens is 1. The van der Waals surface area contributed by atoms with Crippen LogP contribution in [0.15, 0.2) is 34.9 Å². The van der Waals surface area contributed by atoms with Gasteiger partial charge in [0.2, 0.25) is 0 Å². The van der Waals surface area contributed by atoms with Gasteiger partial charge in [-0.1, -0.05) is 24.3 Å². The van der Waals surface area contributed by atoms with Crippen molar-refractivity contribution in [3.63, 3.8) is 0 Å². The zero-order valence-electron chi connectivity index (χ0n) is 9.93. The SMILES string of the molecule is ClCc1coc(OC2CCCc3ccccc32)n1. The Balaban J connectivity index is 1.81. The molecule has 1 aliphatic rings. The van der Waals surface area contributed by atoms with Crippen LogP contribution < -0.4 is 4.74 Å². The predicted molar refractivity (Wildman–Crippen MR) is 68.8 cm³/mol. The van der Waals surface area contributed by atoms with E-state index >= 15 is 0 Å². The van der Waals surface area contributed by atoms with Gasteiger partial charge in [-0.05, 0) is 30.4 Å². The molecule has 1 unspecified atom stereocenters. The third-order valence-electron chi connectivity index (χ3n) is 3.23. The number of hydrogen-bond donors (Lipinski definition) is 0. The highest BCUT2D eigenvalue weighted by atomic mass is 35.5. The normalized spacial score (nSPS) is 18.4. The van der Waals surface area contributed by atoms with Gasteiger partial charge in [0, 0.05) is 0 Å². The van der Waals surface area contributed by atoms with Crippen LogP contribution in [-0.4, -0.2) is 4.98 Å². The lowest BCUT2D eigenvalue weighted by Crippen LogP contribution is -2.15. The maximum atomic E-state index is 5.83. The zero-order valence-corrected chi connectivity index (χ0v) is 10.7. The number of hydrogen-bond acceptors (Lipinski definition) is 3. The summed E-state index contributed by atoms with van der Waals surface area (Å²) >= 11 is 5.69. The number of aromatic nitrogens is 1. The number of oxazole rings is 1. The summed E-state index contributed by atoms with van der Waals surface area (Å²) in [6.07, 6.45) is 5.13. The van der Waals surface area contributed by atoms with Crippen molar-refractivity contribution >= 4 is 11.6 Å². The molecule has 1 heterocycles. The Labute approximate surface area is 111 Å². The highest BCUT2D eigenvalue weighted by molar-refractivity contribution is 6.16. The molecule has 94 valence electrons. The van der Waals surface area contributed by atoms with Gasteiger partial charge in [-0.25, -0.2) is 0 Å². The molecular formula is C14H14ClNO2. The van der Waals surface area contributed by atoms with Crippen LogP contribution in [0.25, 0.3) is 0 Å². The first-order valence-electron chi connectivity index (χ1n) is 6.11. The molecule has 2 aromatic rings. The van der Waals surface area contributed by atoms with Gasteiger partial charge in [-0.2, -0.15) is 4.98 Å². The van der Waals surface area contributed by atoms with Crippen LogP contribution in [0.2, 0.25) is 0 Å². The first kappa shape index (κ1) is 11.6. The minimum atomic E-state index is 0.0387. The van der Waals surface area contributed by atoms with Crippen molar-refractivity contribution in [1.82, 2.24) is 4.98 Å². The zero-order chi connectivity index (χ0) is 12.4. The third kappa shape index (κ3) is 2.23. The molecule has 0 bridgehead atoms. The number of ether oxygens (including phenoxy) is 1. The summed E-state index contributed by atoms with van der Waals surface area (Å²) in [4.78, 5) is 4.17. The molecule has 0 aliphatic heterocycles. The Morgan fingerprint density at radius 2 is 2.28 bits per heavy atom. The fourth-order valence-electron chi connectivity index (χ4n) is 2.36. The van der Waals surface area contributed by atoms with Crippen LogP contribution in [0.5, 0.6) is 6.08 Å². The smallest absolute Gasteiger partial charge is 0.394 e. The Kier molecular flexibility index (Phi) is 3.24. The third-order valence-corrected chi connectivity index (χ3v) is 3.50. The molecule has 0 spiro atoms. The largest absolute Gasteiger partial charge is 0.442 e. The van der Waals surface area contributed by atoms with Gasteiger partial charge in [0.05, 0.1) is 11.6 Å². The van der Waals surface area contributed by atoms with E-state index in [1.54, 1.807) is 0 Å². The van der Waals surface area contributed by atoms with Gasteiger partial charge >= 0.3 is 6.08 Å². The molecule has 0 saturated heterocycles. The van der Waals surface area contributed by atoms with Gasteiger partial charge in [-0.15, -0.1) is 11.6 Å². The summed E-state index contributed by atoms with van der Waals surface area (Å²) < 4.78 is 11.1. The van der Waals surface area contributed by atoms with Crippen molar-refractivity contribution in [1.29, 1.82) is 0 Å². The van der Waals surface area contributed by atoms with Crippen molar-refractivity contribution in [2.45, 2.75) is 31.2 Å². The van der Waals surface area contributed by atoms with E-state index in [2.05, 4.69) is 23.2 Å². The van der Waals surface area contributed by atoms with E-state index < -0.39 is 0 Å². The Morgan fingerprint density at radius 1 is 1.39 bits per heavy atom. The second-order valence-electron chi connectivity index (χ2n) is 4.44. The van der Waals surface area contributed by atoms with E-state index in [9.17, 15) is 0 Å². The van der Waals surface area contributed by atoms with E-state index in [0.29, 0.717) is 17.7 Å². The van der Waals surface area contributed by atoms with Crippen LogP contribution in [-0.2, 0) is 12.3 Å². The molecule has 0 radical (unpaired) electrons. The number of aryl methyl sites for hydroxylation is 1. The molecule has 1 aromatic carbocycles. The summed E-state index contributed by atoms with van der Waals surface area (Å²) in [7, 11) is 0. The Morgan fingerprint density at radius 3 is 3.11 bits per heavy atom. The fraction of sp³-hybridized carbons (Fsp3) is 0.357. The maximum absolute atomic E-state index is 5.83. The van der Waals surface area contributed by atoms with E-state index in [-0.39, 0.29) is 6.10 Å². The molecule has 0 saturated carbocycles. The van der Waals surface area contributed by atoms with E-state index in [4.69, 9.17) is 20.8 Å². The van der Waals surface area contributed by atoms with E-state index in [1.807, 2.05) is 6.07 Å². The second-order valence-corrected chi connectivity index (χ2v) is 4.70. The Hall–Kier alpha value is -1.48. The number of rotatable bonds is 3. The van der Waals surface area contributed by atoms with Crippen LogP contribution in [0.4, 0.5) is 0 Å². The molecule has 1 aromatic heterocycles. The molecule has 0 N–H and O–H groups in total. The predicted octanol–water partition coefficient (Wildman–Crippen LogP) is 3.87. The monoisotopic (exact) mass is 263 g/mol. The van der Waals surface area contributed by atoms with Crippen molar-refractivity contribution < 1.29 is 9.15 Å². The summed E-state index contributed by atoms with van der Waals surface area (Å²) in [5, 5.41) is 0. The molecule has 18 heavy (non-hydrogen) atoms. The second kappa shape index (κ2) is 5.02. The number of alkyl halides is 1. The summed E-state index contributed by atoms with van der Waals surface area (Å²) in [5.41, 5.74) is 3.31. The van der Waals surface area contributed by atoms with Crippen molar-refractivity contribution in [3.05, 3.63) is 47.3 Å². The maximum Gasteiger partial charge on any atom is 0.394 e. The van der Waals surface area contributed by atoms with Crippen molar-refractivity contribution in [3.8, 4) is 6.08 Å². The summed E-state index contributed by atoms with van der Waals surface area (Å²) in [5.74, 6) is 0.341. The molecule has 3 rings (SSSR count). The van der Waals surface area contributed by atoms with Gasteiger partial charge < -0.3 is 9.15 Å². The van der Waals surface area contributed by atoms with Gasteiger partial charge in [0.15, 0.2) is 0 Å². The number of nitrogens with zero attached hydrogens (tertiary/aromatic N) is 1. The van der Waals surface area contributed by atoms with Crippen molar-refractivity contribution in [2.24, 2.45) is 0 Å². The van der Waals surface area contributed by atoms with Crippen LogP contribution >= 0.6 is 11.6 Å². The lowest BCUT2D eigenvalue weighted by molar-refractivity contribution is 0.132. The fourth-order valence-corrected chi connectivity index (χ4v) is 2.48. The highest BCUT2D eigenvalue weighted by Gasteiger charge is 2.22. The highest BCUT2D eigenvalue weighted by Crippen LogP contribution is 2.33. The van der Waals surface area contributed by atoms with E-state index in [0.717, 1.165) is 19.3 Å². The van der Waals surface area contributed by atoms with Crippen LogP contribution in [0, 0.1) is 0 Å². The minimum absolute atomic E-state index is 0.0387. The molecule has 0 amide bonds. The molecular weight excluding hydrogens is 250 g/mol. The Bertz CT molecular complexity index is 538. The van der Waals surface area contributed by atoms with Gasteiger partial charge in [0.1, 0.15) is 12.4 Å². The lowest BCUT2D eigenvalue weighted by Gasteiger charge is -2.24. The lowest BCUT2D eigenvalue weighted by atomic mass is 9.89. The molecule has 1 atom stereocenters. The molecule has 0 fully saturated rings. The molecule has 3 nitrogen and oxygen atoms in total. The topological polar surface area (TPSA) is 35.3 Å². The van der Waals surface area contributed by atoms with Crippen LogP contribution in [0.3, 0.4) is 0 Å². The van der Waals surface area contributed by atoms with Crippen LogP contribution in [0.1, 0.15) is 35.8 Å². The quantitative estimate of drug-likeness (QED) is 0.789. The average molecular weight is 264 g/mol. The summed E-state index contributed by atoms with van der Waals surface area (Å²) in [6.45, 7) is 0. The number of benzene rings is 1. The molecule has 4 heteroatoms. The van der Waals surface area contributed by atoms with Gasteiger partial charge in [-0.3, -0.25) is 0 Å². The molecule has 1 aliphatic carbocycles. The minimum Gasteiger partial charge on any atom is -0.442 e. The standard InChI is InChI=1S/C14H14ClNO2/c15-8-11-9-17-14(16-11)18-13-7-3-5-10-4-1-2-6-12(10)13/h1-2,4,6,9,13H,3,5,7-8H2. The van der Waals surface area contributed by atoms with E-state index in [1.165, 1.54) is 17.4 Å². The van der Waals surface area contributed by atoms with Crippen molar-refractivity contribution in [2.75, 3.05) is 0 Å². The number of fused-ring (bicyclic) bond motifs is 1. The first-order chi connectivity index (χ1) is 8.86. The first-order valence-corrected chi connectivity index (χ1v) is 6.65. The summed E-state index contributed by atoms with van der Waals surface area (Å²) in [6, 6.07) is 8.38. The average Bonchev–Trinajstić information content (AvgIpc) is 2.87.